The van der Waals surface area contributed by atoms with Crippen LogP contribution in [-0.4, -0.2) is 23.4 Å². The minimum absolute atomic E-state index is 0. The summed E-state index contributed by atoms with van der Waals surface area (Å²) in [5.74, 6) is 1.45. The maximum atomic E-state index is 8.80. The number of benzene rings is 2. The predicted octanol–water partition coefficient (Wildman–Crippen LogP) is 7.10. The van der Waals surface area contributed by atoms with Crippen molar-refractivity contribution in [2.24, 2.45) is 10.9 Å². The Hall–Kier alpha value is -2.83. The van der Waals surface area contributed by atoms with E-state index in [9.17, 15) is 0 Å². The number of anilines is 1. The number of amidine groups is 3. The molecule has 0 bridgehead atoms. The van der Waals surface area contributed by atoms with Crippen molar-refractivity contribution >= 4 is 46.7 Å². The Labute approximate surface area is 218 Å². The van der Waals surface area contributed by atoms with Crippen LogP contribution >= 0.6 is 24.2 Å². The standard InChI is InChI=1S/C28H31N5S.ClH/c1-3-4-17-33(20-13-9-6-10-14-20)28-32-27(30)25(34-28)24-23-21(26(29)31-24)16-15-18(2)22(23)19-11-7-5-8-12-19;/h5-14,18,22,30H,3-4,15-17H2,1-2H3,(H2,29,31);1H/b25-24+,30-27?;. The minimum atomic E-state index is 0. The van der Waals surface area contributed by atoms with Gasteiger partial charge in [-0.3, -0.25) is 10.8 Å². The second-order valence-electron chi connectivity index (χ2n) is 9.19. The summed E-state index contributed by atoms with van der Waals surface area (Å²) in [6.07, 6.45) is 4.12. The normalized spacial score (nSPS) is 23.5. The molecular weight excluding hydrogens is 474 g/mol. The van der Waals surface area contributed by atoms with Gasteiger partial charge >= 0.3 is 0 Å². The second kappa shape index (κ2) is 10.8. The summed E-state index contributed by atoms with van der Waals surface area (Å²) in [4.78, 5) is 7.78. The van der Waals surface area contributed by atoms with Crippen LogP contribution in [0.1, 0.15) is 51.0 Å². The monoisotopic (exact) mass is 505 g/mol. The van der Waals surface area contributed by atoms with Gasteiger partial charge in [0.15, 0.2) is 11.0 Å². The summed E-state index contributed by atoms with van der Waals surface area (Å²) < 4.78 is 0. The van der Waals surface area contributed by atoms with Crippen molar-refractivity contribution in [3.05, 3.63) is 88.0 Å². The van der Waals surface area contributed by atoms with Crippen molar-refractivity contribution in [2.45, 2.75) is 45.4 Å². The van der Waals surface area contributed by atoms with Gasteiger partial charge in [-0.15, -0.1) is 12.4 Å². The molecule has 1 aliphatic carbocycles. The quantitative estimate of drug-likeness (QED) is 0.405. The molecule has 2 aliphatic heterocycles. The first-order chi connectivity index (χ1) is 16.6. The number of allylic oxidation sites excluding steroid dienone is 1. The third-order valence-electron chi connectivity index (χ3n) is 6.91. The SMILES string of the molecule is CCCCN(C1=NC(=N)/C(=C2\NC(=N)C3=C2C(c2ccccc2)C(C)CC3)S1)c1ccccc1.Cl. The predicted molar refractivity (Wildman–Crippen MR) is 151 cm³/mol. The minimum Gasteiger partial charge on any atom is -0.339 e. The number of para-hydroxylation sites is 1. The van der Waals surface area contributed by atoms with Gasteiger partial charge in [0.1, 0.15) is 5.84 Å². The molecule has 0 fully saturated rings. The van der Waals surface area contributed by atoms with E-state index in [4.69, 9.17) is 15.8 Å². The van der Waals surface area contributed by atoms with Gasteiger partial charge in [0.2, 0.25) is 0 Å². The van der Waals surface area contributed by atoms with Gasteiger partial charge in [0.05, 0.1) is 10.6 Å². The van der Waals surface area contributed by atoms with Crippen LogP contribution in [-0.2, 0) is 0 Å². The first-order valence-electron chi connectivity index (χ1n) is 12.1. The van der Waals surface area contributed by atoms with E-state index in [0.29, 0.717) is 11.8 Å². The van der Waals surface area contributed by atoms with Crippen LogP contribution in [0.15, 0.2) is 87.4 Å². The van der Waals surface area contributed by atoms with Gasteiger partial charge in [0.25, 0.3) is 0 Å². The van der Waals surface area contributed by atoms with E-state index in [-0.39, 0.29) is 24.2 Å². The maximum absolute atomic E-state index is 8.80. The molecule has 0 spiro atoms. The molecule has 5 rings (SSSR count). The molecule has 0 amide bonds. The van der Waals surface area contributed by atoms with Crippen molar-refractivity contribution in [3.8, 4) is 0 Å². The average Bonchev–Trinajstić information content (AvgIpc) is 3.40. The van der Waals surface area contributed by atoms with Crippen LogP contribution in [0.4, 0.5) is 5.69 Å². The Bertz CT molecular complexity index is 1200. The molecule has 0 radical (unpaired) electrons. The van der Waals surface area contributed by atoms with Crippen LogP contribution < -0.4 is 10.2 Å². The highest BCUT2D eigenvalue weighted by Crippen LogP contribution is 2.49. The van der Waals surface area contributed by atoms with Crippen LogP contribution in [0.2, 0.25) is 0 Å². The third-order valence-corrected chi connectivity index (χ3v) is 8.01. The molecule has 2 aromatic carbocycles. The van der Waals surface area contributed by atoms with Crippen LogP contribution in [0, 0.1) is 16.7 Å². The van der Waals surface area contributed by atoms with Gasteiger partial charge in [-0.05, 0) is 60.2 Å². The average molecular weight is 506 g/mol. The van der Waals surface area contributed by atoms with E-state index >= 15 is 0 Å². The summed E-state index contributed by atoms with van der Waals surface area (Å²) in [6.45, 7) is 5.37. The van der Waals surface area contributed by atoms with E-state index in [1.165, 1.54) is 11.1 Å². The molecule has 3 aliphatic rings. The zero-order valence-electron chi connectivity index (χ0n) is 20.2. The number of unbranched alkanes of at least 4 members (excludes halogenated alkanes) is 1. The van der Waals surface area contributed by atoms with E-state index in [1.807, 2.05) is 18.2 Å². The highest BCUT2D eigenvalue weighted by molar-refractivity contribution is 8.18. The maximum Gasteiger partial charge on any atom is 0.175 e. The first-order valence-corrected chi connectivity index (χ1v) is 13.0. The second-order valence-corrected chi connectivity index (χ2v) is 10.2. The van der Waals surface area contributed by atoms with Crippen LogP contribution in [0.25, 0.3) is 0 Å². The Morgan fingerprint density at radius 1 is 1.06 bits per heavy atom. The fourth-order valence-electron chi connectivity index (χ4n) is 5.17. The molecule has 3 N–H and O–H groups in total. The summed E-state index contributed by atoms with van der Waals surface area (Å²) >= 11 is 1.56. The highest BCUT2D eigenvalue weighted by Gasteiger charge is 2.40. The Morgan fingerprint density at radius 3 is 2.43 bits per heavy atom. The number of hydrogen-bond acceptors (Lipinski definition) is 4. The molecule has 35 heavy (non-hydrogen) atoms. The zero-order valence-corrected chi connectivity index (χ0v) is 21.8. The molecule has 2 aromatic rings. The number of rotatable bonds is 5. The Kier molecular flexibility index (Phi) is 7.82. The van der Waals surface area contributed by atoms with Crippen molar-refractivity contribution in [2.75, 3.05) is 11.4 Å². The molecule has 7 heteroatoms. The van der Waals surface area contributed by atoms with Gasteiger partial charge in [-0.25, -0.2) is 4.99 Å². The summed E-state index contributed by atoms with van der Waals surface area (Å²) in [6, 6.07) is 20.9. The molecule has 0 saturated heterocycles. The van der Waals surface area contributed by atoms with Crippen molar-refractivity contribution < 1.29 is 0 Å². The zero-order chi connectivity index (χ0) is 23.7. The lowest BCUT2D eigenvalue weighted by Crippen LogP contribution is -2.28. The summed E-state index contributed by atoms with van der Waals surface area (Å²) in [5.41, 5.74) is 5.58. The number of hydrogen-bond donors (Lipinski definition) is 3. The number of aliphatic imine (C=N–C) groups is 1. The lowest BCUT2D eigenvalue weighted by Gasteiger charge is -2.31. The number of nitrogens with one attached hydrogen (secondary N) is 3. The van der Waals surface area contributed by atoms with E-state index in [1.54, 1.807) is 11.8 Å². The van der Waals surface area contributed by atoms with Crippen molar-refractivity contribution in [1.29, 1.82) is 10.8 Å². The lowest BCUT2D eigenvalue weighted by molar-refractivity contribution is 0.450. The molecule has 2 unspecified atom stereocenters. The van der Waals surface area contributed by atoms with Gasteiger partial charge < -0.3 is 10.2 Å². The third kappa shape index (κ3) is 4.82. The highest BCUT2D eigenvalue weighted by atomic mass is 35.5. The van der Waals surface area contributed by atoms with Gasteiger partial charge in [-0.2, -0.15) is 0 Å². The molecular formula is C28H32ClN5S. The number of halogens is 1. The van der Waals surface area contributed by atoms with E-state index < -0.39 is 0 Å². The lowest BCUT2D eigenvalue weighted by atomic mass is 9.72. The van der Waals surface area contributed by atoms with Crippen molar-refractivity contribution in [1.82, 2.24) is 5.32 Å². The summed E-state index contributed by atoms with van der Waals surface area (Å²) in [5, 5.41) is 21.7. The summed E-state index contributed by atoms with van der Waals surface area (Å²) in [7, 11) is 0. The number of nitrogens with zero attached hydrogens (tertiary/aromatic N) is 2. The van der Waals surface area contributed by atoms with Crippen LogP contribution in [0.3, 0.4) is 0 Å². The topological polar surface area (TPSA) is 75.3 Å². The van der Waals surface area contributed by atoms with Crippen LogP contribution in [0.5, 0.6) is 0 Å². The molecule has 0 saturated carbocycles. The largest absolute Gasteiger partial charge is 0.339 e. The van der Waals surface area contributed by atoms with E-state index in [0.717, 1.165) is 59.3 Å². The molecule has 2 heterocycles. The van der Waals surface area contributed by atoms with Gasteiger partial charge in [0, 0.05) is 23.7 Å². The van der Waals surface area contributed by atoms with Crippen molar-refractivity contribution in [3.63, 3.8) is 0 Å². The fraction of sp³-hybridized carbons (Fsp3) is 0.321. The Balaban J connectivity index is 0.00000289. The molecule has 182 valence electrons. The fourth-order valence-corrected chi connectivity index (χ4v) is 6.20. The molecule has 5 nitrogen and oxygen atoms in total. The smallest absolute Gasteiger partial charge is 0.175 e. The first kappa shape index (κ1) is 25.3. The molecule has 2 atom stereocenters. The molecule has 0 aromatic heterocycles. The number of thioether (sulfide) groups is 1. The van der Waals surface area contributed by atoms with Gasteiger partial charge in [-0.1, -0.05) is 68.8 Å². The Morgan fingerprint density at radius 2 is 1.74 bits per heavy atom. The van der Waals surface area contributed by atoms with E-state index in [2.05, 4.69) is 66.5 Å².